The number of para-hydroxylation sites is 7. The minimum Gasteiger partial charge on any atom is -0.309 e. The molecular weight excluding hydrogens is 1020 g/mol. The molecular formula is C79H53N5. The first-order valence-electron chi connectivity index (χ1n) is 29.0. The third-order valence-electron chi connectivity index (χ3n) is 17.8. The lowest BCUT2D eigenvalue weighted by Gasteiger charge is -2.25. The molecule has 1 aliphatic carbocycles. The highest BCUT2D eigenvalue weighted by molar-refractivity contribution is 6.17. The molecule has 17 rings (SSSR count). The average molecular weight is 1070 g/mol. The Kier molecular flexibility index (Phi) is 10.6. The van der Waals surface area contributed by atoms with Crippen molar-refractivity contribution in [2.75, 3.05) is 0 Å². The van der Waals surface area contributed by atoms with Gasteiger partial charge in [0.15, 0.2) is 5.82 Å². The second kappa shape index (κ2) is 18.6. The van der Waals surface area contributed by atoms with Gasteiger partial charge in [0.05, 0.1) is 61.6 Å². The van der Waals surface area contributed by atoms with Crippen LogP contribution in [-0.2, 0) is 5.41 Å². The van der Waals surface area contributed by atoms with Gasteiger partial charge in [-0.1, -0.05) is 232 Å². The normalized spacial score (nSPS) is 12.7. The fraction of sp³-hybridized carbons (Fsp3) is 0.0380. The zero-order chi connectivity index (χ0) is 55.6. The van der Waals surface area contributed by atoms with Gasteiger partial charge in [-0.2, -0.15) is 0 Å². The summed E-state index contributed by atoms with van der Waals surface area (Å²) < 4.78 is 7.54. The summed E-state index contributed by atoms with van der Waals surface area (Å²) in [5.74, 6) is 0.632. The van der Waals surface area contributed by atoms with Crippen molar-refractivity contribution in [3.63, 3.8) is 0 Å². The molecule has 0 saturated carbocycles. The van der Waals surface area contributed by atoms with E-state index in [-0.39, 0.29) is 5.41 Å². The maximum atomic E-state index is 5.62. The van der Waals surface area contributed by atoms with E-state index < -0.39 is 0 Å². The number of nitrogens with zero attached hydrogens (tertiary/aromatic N) is 5. The first-order chi connectivity index (χ1) is 41.5. The highest BCUT2D eigenvalue weighted by Crippen LogP contribution is 2.55. The second-order valence-corrected chi connectivity index (χ2v) is 22.8. The molecule has 5 heteroatoms. The van der Waals surface area contributed by atoms with Crippen LogP contribution >= 0.6 is 0 Å². The summed E-state index contributed by atoms with van der Waals surface area (Å²) in [5, 5.41) is 7.30. The van der Waals surface area contributed by atoms with Gasteiger partial charge in [-0.3, -0.25) is 0 Å². The van der Waals surface area contributed by atoms with Gasteiger partial charge in [0.25, 0.3) is 0 Å². The van der Waals surface area contributed by atoms with Crippen LogP contribution in [0.2, 0.25) is 0 Å². The number of fused-ring (bicyclic) bond motifs is 13. The molecule has 16 aromatic rings. The molecule has 4 aromatic heterocycles. The van der Waals surface area contributed by atoms with Gasteiger partial charge >= 0.3 is 0 Å². The molecule has 0 atom stereocenters. The molecule has 0 amide bonds. The molecule has 0 aliphatic heterocycles. The van der Waals surface area contributed by atoms with Crippen molar-refractivity contribution in [2.24, 2.45) is 0 Å². The molecule has 0 saturated heterocycles. The number of benzene rings is 12. The van der Waals surface area contributed by atoms with Crippen molar-refractivity contribution in [1.29, 1.82) is 0 Å². The SMILES string of the molecule is CC1(C)c2ccccc2-c2ccc3c(c21)c1ccccc1n3-c1c(-c2ccccc2-n2c3ccccc3c3ccccc32)cc(-c2nc(-c3ccccc3)cc(-c3ccccc3)n2)cc1-c1ccccc1-n1c2ccccc2c2ccccc21. The van der Waals surface area contributed by atoms with E-state index >= 15 is 0 Å². The predicted molar refractivity (Wildman–Crippen MR) is 350 cm³/mol. The monoisotopic (exact) mass is 1070 g/mol. The van der Waals surface area contributed by atoms with Crippen molar-refractivity contribution in [2.45, 2.75) is 19.3 Å². The molecule has 84 heavy (non-hydrogen) atoms. The average Bonchev–Trinajstić information content (AvgIpc) is 2.28. The van der Waals surface area contributed by atoms with Crippen molar-refractivity contribution in [3.8, 4) is 84.3 Å². The summed E-state index contributed by atoms with van der Waals surface area (Å²) in [5.41, 5.74) is 23.9. The Morgan fingerprint density at radius 2 is 0.679 bits per heavy atom. The molecule has 1 aliphatic rings. The van der Waals surface area contributed by atoms with Crippen LogP contribution in [0.15, 0.2) is 285 Å². The molecule has 0 radical (unpaired) electrons. The first-order valence-corrected chi connectivity index (χ1v) is 29.0. The Hall–Kier alpha value is -10.9. The smallest absolute Gasteiger partial charge is 0.160 e. The van der Waals surface area contributed by atoms with E-state index in [1.807, 2.05) is 0 Å². The van der Waals surface area contributed by atoms with Gasteiger partial charge in [0.2, 0.25) is 0 Å². The number of hydrogen-bond donors (Lipinski definition) is 0. The van der Waals surface area contributed by atoms with E-state index in [4.69, 9.17) is 9.97 Å². The van der Waals surface area contributed by atoms with Crippen molar-refractivity contribution in [3.05, 3.63) is 296 Å². The molecule has 5 nitrogen and oxygen atoms in total. The molecule has 4 heterocycles. The quantitative estimate of drug-likeness (QED) is 0.152. The minimum absolute atomic E-state index is 0.278. The van der Waals surface area contributed by atoms with Crippen LogP contribution in [0.3, 0.4) is 0 Å². The Bertz CT molecular complexity index is 5000. The third-order valence-corrected chi connectivity index (χ3v) is 17.8. The Labute approximate surface area is 486 Å². The van der Waals surface area contributed by atoms with Gasteiger partial charge in [0.1, 0.15) is 0 Å². The predicted octanol–water partition coefficient (Wildman–Crippen LogP) is 20.4. The maximum Gasteiger partial charge on any atom is 0.160 e. The molecule has 0 spiro atoms. The zero-order valence-electron chi connectivity index (χ0n) is 46.4. The molecule has 394 valence electrons. The summed E-state index contributed by atoms with van der Waals surface area (Å²) >= 11 is 0. The van der Waals surface area contributed by atoms with Crippen LogP contribution in [0, 0.1) is 0 Å². The molecule has 0 unspecified atom stereocenters. The standard InChI is InChI=1S/C79H53N5/c1-79(2)64-37-17-9-29-53(64)60-45-46-74-75(76(60)79)61-36-16-24-44-73(61)84(74)77-62(58-34-14-22-42-71(58)82-67-38-18-10-30-54(67)55-31-11-19-39-68(55)82)47-52(78-80-65(50-25-5-3-6-26-50)49-66(81-78)51-27-7-4-8-28-51)48-63(77)59-35-15-23-43-72(59)83-69-40-20-12-32-56(69)57-33-13-21-41-70(57)83/h3-49H,1-2H3. The molecule has 0 N–H and O–H groups in total. The third kappa shape index (κ3) is 7.09. The van der Waals surface area contributed by atoms with Crippen molar-refractivity contribution in [1.82, 2.24) is 23.7 Å². The summed E-state index contributed by atoms with van der Waals surface area (Å²) in [7, 11) is 0. The summed E-state index contributed by atoms with van der Waals surface area (Å²) in [4.78, 5) is 11.2. The van der Waals surface area contributed by atoms with Gasteiger partial charge in [-0.25, -0.2) is 9.97 Å². The van der Waals surface area contributed by atoms with E-state index in [0.29, 0.717) is 5.82 Å². The Balaban J connectivity index is 1.07. The van der Waals surface area contributed by atoms with Crippen LogP contribution in [0.4, 0.5) is 0 Å². The largest absolute Gasteiger partial charge is 0.309 e. The highest BCUT2D eigenvalue weighted by Gasteiger charge is 2.39. The number of aromatic nitrogens is 5. The summed E-state index contributed by atoms with van der Waals surface area (Å²) in [6.07, 6.45) is 0. The summed E-state index contributed by atoms with van der Waals surface area (Å²) in [6.45, 7) is 4.82. The van der Waals surface area contributed by atoms with Crippen LogP contribution < -0.4 is 0 Å². The maximum absolute atomic E-state index is 5.62. The van der Waals surface area contributed by atoms with Crippen LogP contribution in [0.25, 0.3) is 150 Å². The van der Waals surface area contributed by atoms with E-state index in [9.17, 15) is 0 Å². The van der Waals surface area contributed by atoms with Gasteiger partial charge < -0.3 is 13.7 Å². The molecule has 0 fully saturated rings. The minimum atomic E-state index is -0.278. The summed E-state index contributed by atoms with van der Waals surface area (Å²) in [6, 6.07) is 104. The lowest BCUT2D eigenvalue weighted by atomic mass is 9.80. The topological polar surface area (TPSA) is 40.6 Å². The van der Waals surface area contributed by atoms with Crippen LogP contribution in [0.5, 0.6) is 0 Å². The Morgan fingerprint density at radius 1 is 0.286 bits per heavy atom. The van der Waals surface area contributed by atoms with Gasteiger partial charge in [-0.05, 0) is 89.0 Å². The lowest BCUT2D eigenvalue weighted by molar-refractivity contribution is 0.666. The van der Waals surface area contributed by atoms with Crippen molar-refractivity contribution >= 4 is 65.4 Å². The van der Waals surface area contributed by atoms with Crippen molar-refractivity contribution < 1.29 is 0 Å². The second-order valence-electron chi connectivity index (χ2n) is 22.8. The van der Waals surface area contributed by atoms with Crippen LogP contribution in [0.1, 0.15) is 25.0 Å². The highest BCUT2D eigenvalue weighted by atomic mass is 15.0. The lowest BCUT2D eigenvalue weighted by Crippen LogP contribution is -2.15. The Morgan fingerprint density at radius 3 is 1.17 bits per heavy atom. The van der Waals surface area contributed by atoms with Gasteiger partial charge in [0, 0.05) is 76.7 Å². The number of hydrogen-bond acceptors (Lipinski definition) is 2. The van der Waals surface area contributed by atoms with Gasteiger partial charge in [-0.15, -0.1) is 0 Å². The molecule has 0 bridgehead atoms. The van der Waals surface area contributed by atoms with E-state index in [1.54, 1.807) is 0 Å². The van der Waals surface area contributed by atoms with E-state index in [1.165, 1.54) is 54.6 Å². The first kappa shape index (κ1) is 47.9. The molecule has 12 aromatic carbocycles. The fourth-order valence-electron chi connectivity index (χ4n) is 14.2. The van der Waals surface area contributed by atoms with E-state index in [2.05, 4.69) is 313 Å². The fourth-order valence-corrected chi connectivity index (χ4v) is 14.2. The zero-order valence-corrected chi connectivity index (χ0v) is 46.4. The van der Waals surface area contributed by atoms with Crippen LogP contribution in [-0.4, -0.2) is 23.7 Å². The van der Waals surface area contributed by atoms with E-state index in [0.717, 1.165) is 100 Å². The number of rotatable bonds is 8.